The predicted molar refractivity (Wildman–Crippen MR) is 210 cm³/mol. The second kappa shape index (κ2) is 16.4. The Labute approximate surface area is 315 Å². The molecule has 0 N–H and O–H groups in total. The average molecular weight is 743 g/mol. The highest BCUT2D eigenvalue weighted by Gasteiger charge is 2.26. The molecule has 0 fully saturated rings. The van der Waals surface area contributed by atoms with E-state index < -0.39 is 10.0 Å². The van der Waals surface area contributed by atoms with Crippen molar-refractivity contribution in [2.24, 2.45) is 0 Å². The maximum atomic E-state index is 14.1. The van der Waals surface area contributed by atoms with E-state index in [1.807, 2.05) is 78.9 Å². The number of hydrogen-bond donors (Lipinski definition) is 0. The molecular formula is C44H42N2O7S. The number of nitrogens with zero attached hydrogens (tertiary/aromatic N) is 2. The van der Waals surface area contributed by atoms with Crippen LogP contribution in [-0.4, -0.2) is 51.0 Å². The molecule has 1 aromatic heterocycles. The van der Waals surface area contributed by atoms with Gasteiger partial charge in [0.2, 0.25) is 10.0 Å². The second-order valence-electron chi connectivity index (χ2n) is 13.4. The van der Waals surface area contributed by atoms with Crippen LogP contribution < -0.4 is 13.8 Å². The monoisotopic (exact) mass is 742 g/mol. The van der Waals surface area contributed by atoms with E-state index in [1.54, 1.807) is 36.4 Å². The lowest BCUT2D eigenvalue weighted by Gasteiger charge is -2.26. The molecule has 0 radical (unpaired) electrons. The molecule has 6 aromatic rings. The Bertz CT molecular complexity index is 2340. The molecule has 1 amide bonds. The van der Waals surface area contributed by atoms with Gasteiger partial charge in [-0.25, -0.2) is 8.42 Å². The van der Waals surface area contributed by atoms with Crippen LogP contribution >= 0.6 is 0 Å². The van der Waals surface area contributed by atoms with Gasteiger partial charge in [-0.1, -0.05) is 91.0 Å². The number of carbonyl (C=O) groups excluding carboxylic acids is 2. The number of para-hydroxylation sites is 1. The summed E-state index contributed by atoms with van der Waals surface area (Å²) in [4.78, 5) is 29.5. The van der Waals surface area contributed by atoms with E-state index in [2.05, 4.69) is 6.07 Å². The van der Waals surface area contributed by atoms with E-state index in [4.69, 9.17) is 13.9 Å². The Balaban J connectivity index is 1.16. The molecule has 0 aliphatic heterocycles. The largest absolute Gasteiger partial charge is 0.488 e. The molecule has 10 heteroatoms. The Hall–Kier alpha value is -5.87. The molecular weight excluding hydrogens is 701 g/mol. The number of hydrogen-bond acceptors (Lipinski definition) is 7. The summed E-state index contributed by atoms with van der Waals surface area (Å²) < 4.78 is 46.6. The van der Waals surface area contributed by atoms with Gasteiger partial charge in [0.05, 0.1) is 31.6 Å². The summed E-state index contributed by atoms with van der Waals surface area (Å²) in [6.07, 6.45) is 5.23. The zero-order valence-electron chi connectivity index (χ0n) is 30.1. The lowest BCUT2D eigenvalue weighted by Crippen LogP contribution is -2.38. The van der Waals surface area contributed by atoms with Gasteiger partial charge < -0.3 is 18.8 Å². The standard InChI is InChI=1S/C44H42N2O7S/c1-54(49,50)46(29-32-14-5-2-6-15-32)38-28-35(24-25-41(38)52-31-33-16-7-3-8-17-33)39(47)30-45(44(48)34-18-9-4-10-19-34)26-27-51-42-23-13-21-37-36-20-11-12-22-40(36)53-43(37)42/h2-10,13-19,21,23-25,28H,11-12,20,22,26-27,29-31H2,1H3. The van der Waals surface area contributed by atoms with Gasteiger partial charge in [-0.3, -0.25) is 13.9 Å². The third-order valence-electron chi connectivity index (χ3n) is 9.56. The predicted octanol–water partition coefficient (Wildman–Crippen LogP) is 8.26. The van der Waals surface area contributed by atoms with Crippen LogP contribution in [0, 0.1) is 0 Å². The summed E-state index contributed by atoms with van der Waals surface area (Å²) >= 11 is 0. The highest BCUT2D eigenvalue weighted by atomic mass is 32.2. The number of aryl methyl sites for hydroxylation is 2. The van der Waals surface area contributed by atoms with Crippen molar-refractivity contribution in [2.75, 3.05) is 30.3 Å². The summed E-state index contributed by atoms with van der Waals surface area (Å²) in [5.74, 6) is 1.20. The number of rotatable bonds is 15. The number of anilines is 1. The SMILES string of the molecule is CS(=O)(=O)N(Cc1ccccc1)c1cc(C(=O)CN(CCOc2cccc3c4c(oc23)CCCC4)C(=O)c2ccccc2)ccc1OCc1ccccc1. The average Bonchev–Trinajstić information content (AvgIpc) is 3.59. The fourth-order valence-corrected chi connectivity index (χ4v) is 7.67. The van der Waals surface area contributed by atoms with Crippen LogP contribution in [0.4, 0.5) is 5.69 Å². The molecule has 1 aliphatic carbocycles. The summed E-state index contributed by atoms with van der Waals surface area (Å²) in [5.41, 5.74) is 4.49. The van der Waals surface area contributed by atoms with Crippen LogP contribution in [0.15, 0.2) is 132 Å². The summed E-state index contributed by atoms with van der Waals surface area (Å²) in [6.45, 7) is 0.188. The topological polar surface area (TPSA) is 106 Å². The molecule has 1 aliphatic rings. The first-order valence-corrected chi connectivity index (χ1v) is 20.0. The first-order valence-electron chi connectivity index (χ1n) is 18.1. The molecule has 5 aromatic carbocycles. The number of carbonyl (C=O) groups is 2. The van der Waals surface area contributed by atoms with Crippen molar-refractivity contribution in [3.05, 3.63) is 161 Å². The third kappa shape index (κ3) is 8.50. The number of sulfonamides is 1. The van der Waals surface area contributed by atoms with E-state index in [1.165, 1.54) is 20.8 Å². The quantitative estimate of drug-likeness (QED) is 0.0976. The van der Waals surface area contributed by atoms with Gasteiger partial charge in [0, 0.05) is 28.5 Å². The van der Waals surface area contributed by atoms with E-state index in [0.29, 0.717) is 22.6 Å². The Morgan fingerprint density at radius 3 is 2.13 bits per heavy atom. The highest BCUT2D eigenvalue weighted by molar-refractivity contribution is 7.92. The Kier molecular flexibility index (Phi) is 11.1. The molecule has 0 spiro atoms. The van der Waals surface area contributed by atoms with Crippen molar-refractivity contribution < 1.29 is 31.9 Å². The molecule has 0 atom stereocenters. The number of furan rings is 1. The molecule has 0 bridgehead atoms. The molecule has 276 valence electrons. The molecule has 0 unspecified atom stereocenters. The van der Waals surface area contributed by atoms with E-state index in [0.717, 1.165) is 54.2 Å². The molecule has 9 nitrogen and oxygen atoms in total. The van der Waals surface area contributed by atoms with Crippen molar-refractivity contribution in [3.8, 4) is 11.5 Å². The molecule has 0 saturated heterocycles. The molecule has 1 heterocycles. The van der Waals surface area contributed by atoms with Crippen molar-refractivity contribution in [1.82, 2.24) is 4.90 Å². The van der Waals surface area contributed by atoms with Gasteiger partial charge in [0.15, 0.2) is 17.1 Å². The number of ether oxygens (including phenoxy) is 2. The van der Waals surface area contributed by atoms with Crippen LogP contribution in [0.1, 0.15) is 56.0 Å². The van der Waals surface area contributed by atoms with Crippen molar-refractivity contribution in [2.45, 2.75) is 38.8 Å². The highest BCUT2D eigenvalue weighted by Crippen LogP contribution is 2.37. The minimum atomic E-state index is -3.84. The minimum Gasteiger partial charge on any atom is -0.488 e. The number of Topliss-reactive ketones (excluding diaryl/α,β-unsaturated/α-hetero) is 1. The summed E-state index contributed by atoms with van der Waals surface area (Å²) in [7, 11) is -3.84. The fraction of sp³-hybridized carbons (Fsp3) is 0.227. The van der Waals surface area contributed by atoms with Gasteiger partial charge in [-0.15, -0.1) is 0 Å². The van der Waals surface area contributed by atoms with Crippen molar-refractivity contribution >= 4 is 38.4 Å². The van der Waals surface area contributed by atoms with Crippen LogP contribution in [0.5, 0.6) is 11.5 Å². The Morgan fingerprint density at radius 1 is 0.722 bits per heavy atom. The maximum Gasteiger partial charge on any atom is 0.254 e. The smallest absolute Gasteiger partial charge is 0.254 e. The number of amides is 1. The maximum absolute atomic E-state index is 14.1. The first kappa shape index (κ1) is 36.5. The van der Waals surface area contributed by atoms with Crippen LogP contribution in [-0.2, 0) is 36.0 Å². The van der Waals surface area contributed by atoms with Crippen LogP contribution in [0.3, 0.4) is 0 Å². The molecule has 0 saturated carbocycles. The first-order chi connectivity index (χ1) is 26.2. The zero-order chi connectivity index (χ0) is 37.5. The number of benzene rings is 5. The van der Waals surface area contributed by atoms with Gasteiger partial charge in [0.1, 0.15) is 24.7 Å². The second-order valence-corrected chi connectivity index (χ2v) is 15.3. The molecule has 7 rings (SSSR count). The van der Waals surface area contributed by atoms with Gasteiger partial charge in [-0.05, 0) is 66.8 Å². The molecule has 54 heavy (non-hydrogen) atoms. The van der Waals surface area contributed by atoms with Gasteiger partial charge in [0.25, 0.3) is 5.91 Å². The fourth-order valence-electron chi connectivity index (χ4n) is 6.79. The number of ketones is 1. The lowest BCUT2D eigenvalue weighted by atomic mass is 9.96. The Morgan fingerprint density at radius 2 is 1.41 bits per heavy atom. The van der Waals surface area contributed by atoms with E-state index in [9.17, 15) is 18.0 Å². The van der Waals surface area contributed by atoms with Crippen molar-refractivity contribution in [1.29, 1.82) is 0 Å². The summed E-state index contributed by atoms with van der Waals surface area (Å²) in [6, 6.07) is 38.2. The van der Waals surface area contributed by atoms with E-state index in [-0.39, 0.29) is 55.8 Å². The normalized spacial score (nSPS) is 12.5. The lowest BCUT2D eigenvalue weighted by molar-refractivity contribution is 0.0686. The minimum absolute atomic E-state index is 0.0282. The third-order valence-corrected chi connectivity index (χ3v) is 10.7. The number of fused-ring (bicyclic) bond motifs is 3. The van der Waals surface area contributed by atoms with Crippen LogP contribution in [0.25, 0.3) is 11.0 Å². The van der Waals surface area contributed by atoms with Gasteiger partial charge >= 0.3 is 0 Å². The van der Waals surface area contributed by atoms with Gasteiger partial charge in [-0.2, -0.15) is 0 Å². The van der Waals surface area contributed by atoms with Crippen molar-refractivity contribution in [3.63, 3.8) is 0 Å². The zero-order valence-corrected chi connectivity index (χ0v) is 31.0. The van der Waals surface area contributed by atoms with E-state index >= 15 is 0 Å². The van der Waals surface area contributed by atoms with Crippen LogP contribution in [0.2, 0.25) is 0 Å². The summed E-state index contributed by atoms with van der Waals surface area (Å²) in [5, 5.41) is 1.05.